The summed E-state index contributed by atoms with van der Waals surface area (Å²) in [6.07, 6.45) is 2.14. The maximum absolute atomic E-state index is 11.8. The van der Waals surface area contributed by atoms with Gasteiger partial charge in [0.15, 0.2) is 0 Å². The van der Waals surface area contributed by atoms with Gasteiger partial charge in [0.2, 0.25) is 5.91 Å². The van der Waals surface area contributed by atoms with E-state index < -0.39 is 5.97 Å². The van der Waals surface area contributed by atoms with Crippen molar-refractivity contribution in [2.24, 2.45) is 11.3 Å². The standard InChI is InChI=1S/C16H32N2O3/c1-6-17-12(2)11-14(19)18-10-9-13(16(3,4)5)7-8-15(20)21/h12-13,17H,6-11H2,1-5H3,(H,18,19)(H,20,21). The Balaban J connectivity index is 4.13. The molecule has 0 saturated carbocycles. The lowest BCUT2D eigenvalue weighted by molar-refractivity contribution is -0.137. The lowest BCUT2D eigenvalue weighted by Gasteiger charge is -2.30. The zero-order chi connectivity index (χ0) is 16.5. The van der Waals surface area contributed by atoms with Crippen LogP contribution in [0.4, 0.5) is 0 Å². The van der Waals surface area contributed by atoms with Gasteiger partial charge in [-0.25, -0.2) is 0 Å². The molecule has 1 amide bonds. The first-order valence-corrected chi connectivity index (χ1v) is 7.88. The van der Waals surface area contributed by atoms with Gasteiger partial charge in [-0.2, -0.15) is 0 Å². The predicted molar refractivity (Wildman–Crippen MR) is 85.2 cm³/mol. The van der Waals surface area contributed by atoms with E-state index in [0.29, 0.717) is 25.3 Å². The molecule has 2 unspecified atom stereocenters. The molecule has 0 heterocycles. The van der Waals surface area contributed by atoms with Crippen LogP contribution in [0.2, 0.25) is 0 Å². The summed E-state index contributed by atoms with van der Waals surface area (Å²) in [6, 6.07) is 0.181. The molecule has 0 saturated heterocycles. The van der Waals surface area contributed by atoms with Crippen molar-refractivity contribution in [3.8, 4) is 0 Å². The highest BCUT2D eigenvalue weighted by Gasteiger charge is 2.24. The predicted octanol–water partition coefficient (Wildman–Crippen LogP) is 2.41. The molecular weight excluding hydrogens is 268 g/mol. The van der Waals surface area contributed by atoms with Gasteiger partial charge in [-0.1, -0.05) is 27.7 Å². The first-order chi connectivity index (χ1) is 9.66. The fraction of sp³-hybridized carbons (Fsp3) is 0.875. The Morgan fingerprint density at radius 1 is 1.19 bits per heavy atom. The normalized spacial score (nSPS) is 14.5. The summed E-state index contributed by atoms with van der Waals surface area (Å²) in [4.78, 5) is 22.5. The molecule has 2 atom stereocenters. The van der Waals surface area contributed by atoms with E-state index in [1.165, 1.54) is 0 Å². The molecule has 5 nitrogen and oxygen atoms in total. The molecular formula is C16H32N2O3. The van der Waals surface area contributed by atoms with Gasteiger partial charge >= 0.3 is 5.97 Å². The summed E-state index contributed by atoms with van der Waals surface area (Å²) in [5.41, 5.74) is 0.0528. The van der Waals surface area contributed by atoms with Crippen LogP contribution in [0.3, 0.4) is 0 Å². The lowest BCUT2D eigenvalue weighted by atomic mass is 9.76. The summed E-state index contributed by atoms with van der Waals surface area (Å²) in [7, 11) is 0. The maximum Gasteiger partial charge on any atom is 0.303 e. The SMILES string of the molecule is CCNC(C)CC(=O)NCCC(CCC(=O)O)C(C)(C)C. The molecule has 0 aliphatic rings. The van der Waals surface area contributed by atoms with Gasteiger partial charge < -0.3 is 15.7 Å². The van der Waals surface area contributed by atoms with Crippen molar-refractivity contribution in [2.45, 2.75) is 66.3 Å². The number of amides is 1. The van der Waals surface area contributed by atoms with Gasteiger partial charge in [0, 0.05) is 25.4 Å². The zero-order valence-corrected chi connectivity index (χ0v) is 14.2. The van der Waals surface area contributed by atoms with Crippen LogP contribution >= 0.6 is 0 Å². The van der Waals surface area contributed by atoms with Gasteiger partial charge in [-0.15, -0.1) is 0 Å². The second-order valence-electron chi connectivity index (χ2n) is 6.80. The summed E-state index contributed by atoms with van der Waals surface area (Å²) in [5.74, 6) is -0.415. The monoisotopic (exact) mass is 300 g/mol. The van der Waals surface area contributed by atoms with Crippen molar-refractivity contribution in [3.63, 3.8) is 0 Å². The molecule has 0 aliphatic carbocycles. The number of carboxylic acid groups (broad SMARTS) is 1. The van der Waals surface area contributed by atoms with Gasteiger partial charge in [-0.05, 0) is 37.6 Å². The largest absolute Gasteiger partial charge is 0.481 e. The highest BCUT2D eigenvalue weighted by Crippen LogP contribution is 2.32. The van der Waals surface area contributed by atoms with E-state index in [1.54, 1.807) is 0 Å². The third-order valence-electron chi connectivity index (χ3n) is 3.79. The maximum atomic E-state index is 11.8. The quantitative estimate of drug-likeness (QED) is 0.579. The van der Waals surface area contributed by atoms with Gasteiger partial charge in [0.05, 0.1) is 0 Å². The number of hydrogen-bond acceptors (Lipinski definition) is 3. The van der Waals surface area contributed by atoms with E-state index in [-0.39, 0.29) is 23.8 Å². The number of nitrogens with one attached hydrogen (secondary N) is 2. The summed E-state index contributed by atoms with van der Waals surface area (Å²) in [6.45, 7) is 11.8. The van der Waals surface area contributed by atoms with Crippen LogP contribution in [0.1, 0.15) is 60.3 Å². The summed E-state index contributed by atoms with van der Waals surface area (Å²) in [5, 5.41) is 15.0. The number of aliphatic carboxylic acids is 1. The van der Waals surface area contributed by atoms with Crippen LogP contribution < -0.4 is 10.6 Å². The fourth-order valence-electron chi connectivity index (χ4n) is 2.46. The van der Waals surface area contributed by atoms with Crippen LogP contribution in [0.15, 0.2) is 0 Å². The average molecular weight is 300 g/mol. The van der Waals surface area contributed by atoms with Gasteiger partial charge in [-0.3, -0.25) is 9.59 Å². The minimum absolute atomic E-state index is 0.0503. The molecule has 124 valence electrons. The highest BCUT2D eigenvalue weighted by atomic mass is 16.4. The van der Waals surface area contributed by atoms with Crippen LogP contribution in [-0.4, -0.2) is 36.1 Å². The van der Waals surface area contributed by atoms with Crippen molar-refractivity contribution in [1.29, 1.82) is 0 Å². The van der Waals surface area contributed by atoms with Gasteiger partial charge in [0.1, 0.15) is 0 Å². The van der Waals surface area contributed by atoms with E-state index in [0.717, 1.165) is 13.0 Å². The number of rotatable bonds is 10. The highest BCUT2D eigenvalue weighted by molar-refractivity contribution is 5.76. The third-order valence-corrected chi connectivity index (χ3v) is 3.79. The van der Waals surface area contributed by atoms with E-state index >= 15 is 0 Å². The first-order valence-electron chi connectivity index (χ1n) is 7.88. The van der Waals surface area contributed by atoms with Crippen molar-refractivity contribution in [3.05, 3.63) is 0 Å². The van der Waals surface area contributed by atoms with Crippen molar-refractivity contribution < 1.29 is 14.7 Å². The molecule has 3 N–H and O–H groups in total. The molecule has 21 heavy (non-hydrogen) atoms. The lowest BCUT2D eigenvalue weighted by Crippen LogP contribution is -2.35. The Kier molecular flexibility index (Phi) is 9.26. The summed E-state index contributed by atoms with van der Waals surface area (Å²) < 4.78 is 0. The number of hydrogen-bond donors (Lipinski definition) is 3. The van der Waals surface area contributed by atoms with Crippen molar-refractivity contribution >= 4 is 11.9 Å². The number of carbonyl (C=O) groups excluding carboxylic acids is 1. The molecule has 5 heteroatoms. The average Bonchev–Trinajstić information content (AvgIpc) is 2.31. The summed E-state index contributed by atoms with van der Waals surface area (Å²) >= 11 is 0. The van der Waals surface area contributed by atoms with Crippen LogP contribution in [0.25, 0.3) is 0 Å². The topological polar surface area (TPSA) is 78.4 Å². The molecule has 0 fully saturated rings. The van der Waals surface area contributed by atoms with E-state index in [2.05, 4.69) is 31.4 Å². The molecule has 0 spiro atoms. The van der Waals surface area contributed by atoms with Crippen LogP contribution in [-0.2, 0) is 9.59 Å². The Morgan fingerprint density at radius 2 is 1.81 bits per heavy atom. The second-order valence-corrected chi connectivity index (χ2v) is 6.80. The van der Waals surface area contributed by atoms with Gasteiger partial charge in [0.25, 0.3) is 0 Å². The molecule has 0 bridgehead atoms. The molecule has 0 aliphatic heterocycles. The molecule has 0 rings (SSSR count). The molecule has 0 radical (unpaired) electrons. The first kappa shape index (κ1) is 19.9. The van der Waals surface area contributed by atoms with E-state index in [1.807, 2.05) is 13.8 Å². The van der Waals surface area contributed by atoms with Crippen LogP contribution in [0.5, 0.6) is 0 Å². The minimum Gasteiger partial charge on any atom is -0.481 e. The zero-order valence-electron chi connectivity index (χ0n) is 14.2. The minimum atomic E-state index is -0.757. The third kappa shape index (κ3) is 10.3. The fourth-order valence-corrected chi connectivity index (χ4v) is 2.46. The Labute approximate surface area is 128 Å². The number of carbonyl (C=O) groups is 2. The van der Waals surface area contributed by atoms with Crippen molar-refractivity contribution in [2.75, 3.05) is 13.1 Å². The van der Waals surface area contributed by atoms with Crippen molar-refractivity contribution in [1.82, 2.24) is 10.6 Å². The molecule has 0 aromatic carbocycles. The Bertz CT molecular complexity index is 324. The Morgan fingerprint density at radius 3 is 2.29 bits per heavy atom. The molecule has 0 aromatic rings. The van der Waals surface area contributed by atoms with E-state index in [4.69, 9.17) is 5.11 Å². The number of carboxylic acids is 1. The Hall–Kier alpha value is -1.10. The second kappa shape index (κ2) is 9.77. The molecule has 0 aromatic heterocycles. The van der Waals surface area contributed by atoms with Crippen LogP contribution in [0, 0.1) is 11.3 Å². The smallest absolute Gasteiger partial charge is 0.303 e. The van der Waals surface area contributed by atoms with E-state index in [9.17, 15) is 9.59 Å².